The quantitative estimate of drug-likeness (QED) is 0.861. The minimum atomic E-state index is 0.172. The van der Waals surface area contributed by atoms with Gasteiger partial charge in [0.15, 0.2) is 0 Å². The summed E-state index contributed by atoms with van der Waals surface area (Å²) in [5.74, 6) is 0.172. The van der Waals surface area contributed by atoms with Crippen LogP contribution in [0.3, 0.4) is 0 Å². The van der Waals surface area contributed by atoms with E-state index >= 15 is 0 Å². The third-order valence-corrected chi connectivity index (χ3v) is 3.83. The zero-order chi connectivity index (χ0) is 12.3. The smallest absolute Gasteiger partial charge is 0.236 e. The number of carbonyl (C=O) groups is 1. The molecule has 1 amide bonds. The number of amides is 1. The predicted octanol–water partition coefficient (Wildman–Crippen LogP) is 0.740. The molecule has 17 heavy (non-hydrogen) atoms. The molecule has 1 fully saturated rings. The maximum absolute atomic E-state index is 12.0. The molecule has 0 saturated carbocycles. The summed E-state index contributed by atoms with van der Waals surface area (Å²) in [4.78, 5) is 15.9. The second-order valence-electron chi connectivity index (χ2n) is 4.67. The van der Waals surface area contributed by atoms with Crippen LogP contribution in [0.2, 0.25) is 0 Å². The molecular formula is C12H19N3OS. The van der Waals surface area contributed by atoms with Gasteiger partial charge in [0.2, 0.25) is 5.91 Å². The first-order chi connectivity index (χ1) is 8.15. The Morgan fingerprint density at radius 3 is 3.12 bits per heavy atom. The summed E-state index contributed by atoms with van der Waals surface area (Å²) in [6.07, 6.45) is 1.00. The summed E-state index contributed by atoms with van der Waals surface area (Å²) in [5, 5.41) is 4.11. The van der Waals surface area contributed by atoms with Crippen molar-refractivity contribution < 1.29 is 4.79 Å². The standard InChI is InChI=1S/C12H19N3OS/c1-14(6-10-3-5-17-9-10)12(16)8-15-4-2-11(13)7-15/h3,5,9,11H,2,4,6-8,13H2,1H3/t11-/m1/s1. The molecule has 2 rings (SSSR count). The molecule has 1 aromatic heterocycles. The van der Waals surface area contributed by atoms with Gasteiger partial charge in [-0.2, -0.15) is 11.3 Å². The summed E-state index contributed by atoms with van der Waals surface area (Å²) < 4.78 is 0. The van der Waals surface area contributed by atoms with Crippen molar-refractivity contribution in [1.82, 2.24) is 9.80 Å². The number of likely N-dealkylation sites (tertiary alicyclic amines) is 1. The molecule has 0 spiro atoms. The fourth-order valence-electron chi connectivity index (χ4n) is 2.06. The molecule has 94 valence electrons. The molecular weight excluding hydrogens is 234 g/mol. The number of nitrogens with zero attached hydrogens (tertiary/aromatic N) is 2. The molecule has 5 heteroatoms. The Morgan fingerprint density at radius 1 is 1.71 bits per heavy atom. The van der Waals surface area contributed by atoms with Crippen LogP contribution in [0.4, 0.5) is 0 Å². The molecule has 1 aliphatic heterocycles. The van der Waals surface area contributed by atoms with Gasteiger partial charge < -0.3 is 10.6 Å². The number of likely N-dealkylation sites (N-methyl/N-ethyl adjacent to an activating group) is 1. The first kappa shape index (κ1) is 12.5. The summed E-state index contributed by atoms with van der Waals surface area (Å²) in [5.41, 5.74) is 7.02. The molecule has 4 nitrogen and oxygen atoms in total. The second-order valence-corrected chi connectivity index (χ2v) is 5.45. The average Bonchev–Trinajstić information content (AvgIpc) is 2.90. The minimum absolute atomic E-state index is 0.172. The zero-order valence-corrected chi connectivity index (χ0v) is 10.9. The van der Waals surface area contributed by atoms with Crippen molar-refractivity contribution in [2.45, 2.75) is 19.0 Å². The Kier molecular flexibility index (Phi) is 4.15. The van der Waals surface area contributed by atoms with E-state index in [1.807, 2.05) is 12.4 Å². The lowest BCUT2D eigenvalue weighted by Gasteiger charge is -2.21. The lowest BCUT2D eigenvalue weighted by Crippen LogP contribution is -2.38. The van der Waals surface area contributed by atoms with E-state index in [0.29, 0.717) is 13.1 Å². The van der Waals surface area contributed by atoms with Crippen molar-refractivity contribution >= 4 is 17.2 Å². The van der Waals surface area contributed by atoms with Gasteiger partial charge in [0.1, 0.15) is 0 Å². The van der Waals surface area contributed by atoms with Crippen LogP contribution < -0.4 is 5.73 Å². The normalized spacial score (nSPS) is 20.7. The Hall–Kier alpha value is -0.910. The third-order valence-electron chi connectivity index (χ3n) is 3.09. The highest BCUT2D eigenvalue weighted by Gasteiger charge is 2.22. The molecule has 0 aromatic carbocycles. The van der Waals surface area contributed by atoms with Gasteiger partial charge in [-0.15, -0.1) is 0 Å². The van der Waals surface area contributed by atoms with Crippen LogP contribution in [0.25, 0.3) is 0 Å². The fourth-order valence-corrected chi connectivity index (χ4v) is 2.72. The van der Waals surface area contributed by atoms with Gasteiger partial charge in [-0.3, -0.25) is 9.69 Å². The molecule has 0 aliphatic carbocycles. The lowest BCUT2D eigenvalue weighted by molar-refractivity contribution is -0.131. The fraction of sp³-hybridized carbons (Fsp3) is 0.583. The van der Waals surface area contributed by atoms with Crippen LogP contribution in [0.5, 0.6) is 0 Å². The number of hydrogen-bond donors (Lipinski definition) is 1. The van der Waals surface area contributed by atoms with Crippen molar-refractivity contribution in [2.24, 2.45) is 5.73 Å². The third kappa shape index (κ3) is 3.52. The molecule has 0 unspecified atom stereocenters. The molecule has 1 saturated heterocycles. The lowest BCUT2D eigenvalue weighted by atomic mass is 10.3. The van der Waals surface area contributed by atoms with E-state index in [1.165, 1.54) is 5.56 Å². The van der Waals surface area contributed by atoms with Gasteiger partial charge in [-0.25, -0.2) is 0 Å². The highest BCUT2D eigenvalue weighted by molar-refractivity contribution is 7.07. The summed E-state index contributed by atoms with van der Waals surface area (Å²) in [6, 6.07) is 2.30. The number of hydrogen-bond acceptors (Lipinski definition) is 4. The molecule has 1 atom stereocenters. The van der Waals surface area contributed by atoms with Gasteiger partial charge in [0, 0.05) is 32.7 Å². The average molecular weight is 253 g/mol. The van der Waals surface area contributed by atoms with E-state index in [0.717, 1.165) is 19.5 Å². The molecule has 2 heterocycles. The topological polar surface area (TPSA) is 49.6 Å². The van der Waals surface area contributed by atoms with Gasteiger partial charge in [-0.1, -0.05) is 0 Å². The highest BCUT2D eigenvalue weighted by atomic mass is 32.1. The van der Waals surface area contributed by atoms with Gasteiger partial charge in [0.25, 0.3) is 0 Å². The van der Waals surface area contributed by atoms with Crippen LogP contribution in [-0.2, 0) is 11.3 Å². The number of carbonyl (C=O) groups excluding carboxylic acids is 1. The van der Waals surface area contributed by atoms with E-state index in [1.54, 1.807) is 16.2 Å². The van der Waals surface area contributed by atoms with Gasteiger partial charge >= 0.3 is 0 Å². The maximum Gasteiger partial charge on any atom is 0.236 e. The molecule has 0 radical (unpaired) electrons. The minimum Gasteiger partial charge on any atom is -0.340 e. The van der Waals surface area contributed by atoms with E-state index in [2.05, 4.69) is 16.3 Å². The predicted molar refractivity (Wildman–Crippen MR) is 69.8 cm³/mol. The summed E-state index contributed by atoms with van der Waals surface area (Å²) in [6.45, 7) is 2.98. The zero-order valence-electron chi connectivity index (χ0n) is 10.1. The molecule has 2 N–H and O–H groups in total. The van der Waals surface area contributed by atoms with Gasteiger partial charge in [-0.05, 0) is 28.8 Å². The second kappa shape index (κ2) is 5.62. The van der Waals surface area contributed by atoms with E-state index in [-0.39, 0.29) is 11.9 Å². The van der Waals surface area contributed by atoms with Crippen LogP contribution in [-0.4, -0.2) is 48.4 Å². The number of thiophene rings is 1. The Balaban J connectivity index is 1.79. The van der Waals surface area contributed by atoms with Crippen LogP contribution in [0, 0.1) is 0 Å². The van der Waals surface area contributed by atoms with Crippen LogP contribution in [0.15, 0.2) is 16.8 Å². The van der Waals surface area contributed by atoms with Gasteiger partial charge in [0.05, 0.1) is 6.54 Å². The van der Waals surface area contributed by atoms with Crippen molar-refractivity contribution in [3.63, 3.8) is 0 Å². The highest BCUT2D eigenvalue weighted by Crippen LogP contribution is 2.10. The van der Waals surface area contributed by atoms with E-state index in [4.69, 9.17) is 5.73 Å². The first-order valence-corrected chi connectivity index (χ1v) is 6.82. The summed E-state index contributed by atoms with van der Waals surface area (Å²) in [7, 11) is 1.86. The van der Waals surface area contributed by atoms with Crippen LogP contribution >= 0.6 is 11.3 Å². The van der Waals surface area contributed by atoms with Crippen molar-refractivity contribution in [2.75, 3.05) is 26.7 Å². The first-order valence-electron chi connectivity index (χ1n) is 5.88. The van der Waals surface area contributed by atoms with Crippen molar-refractivity contribution in [1.29, 1.82) is 0 Å². The molecule has 1 aliphatic rings. The monoisotopic (exact) mass is 253 g/mol. The van der Waals surface area contributed by atoms with Crippen molar-refractivity contribution in [3.8, 4) is 0 Å². The van der Waals surface area contributed by atoms with E-state index < -0.39 is 0 Å². The van der Waals surface area contributed by atoms with Crippen molar-refractivity contribution in [3.05, 3.63) is 22.4 Å². The SMILES string of the molecule is CN(Cc1ccsc1)C(=O)CN1CC[C@@H](N)C1. The largest absolute Gasteiger partial charge is 0.340 e. The number of nitrogens with two attached hydrogens (primary N) is 1. The molecule has 1 aromatic rings. The van der Waals surface area contributed by atoms with Crippen LogP contribution in [0.1, 0.15) is 12.0 Å². The Bertz CT molecular complexity index is 366. The Morgan fingerprint density at radius 2 is 2.53 bits per heavy atom. The maximum atomic E-state index is 12.0. The molecule has 0 bridgehead atoms. The number of rotatable bonds is 4. The van der Waals surface area contributed by atoms with E-state index in [9.17, 15) is 4.79 Å². The summed E-state index contributed by atoms with van der Waals surface area (Å²) >= 11 is 1.66. The Labute approximate surface area is 106 Å².